The second kappa shape index (κ2) is 6.21. The van der Waals surface area contributed by atoms with Crippen LogP contribution in [0.1, 0.15) is 12.8 Å². The average molecular weight is 304 g/mol. The summed E-state index contributed by atoms with van der Waals surface area (Å²) in [6.45, 7) is 2.21. The van der Waals surface area contributed by atoms with E-state index in [1.54, 1.807) is 7.11 Å². The molecule has 0 aromatic heterocycles. The maximum atomic E-state index is 12.3. The number of nitrogens with zero attached hydrogens (tertiary/aromatic N) is 1. The quantitative estimate of drug-likeness (QED) is 0.741. The van der Waals surface area contributed by atoms with Crippen LogP contribution in [-0.2, 0) is 4.74 Å². The second-order valence-corrected chi connectivity index (χ2v) is 5.31. The van der Waals surface area contributed by atoms with Gasteiger partial charge in [0.05, 0.1) is 0 Å². The highest BCUT2D eigenvalue weighted by Crippen LogP contribution is 2.28. The first-order chi connectivity index (χ1) is 7.43. The molecule has 0 amide bonds. The molecule has 1 aliphatic heterocycles. The molecule has 1 fully saturated rings. The highest BCUT2D eigenvalue weighted by atomic mass is 79.9. The molecular weight excluding hydrogens is 287 g/mol. The molecule has 1 aliphatic rings. The summed E-state index contributed by atoms with van der Waals surface area (Å²) in [7, 11) is 1.66. The fraction of sp³-hybridized carbons (Fsp3) is 1.00. The number of ether oxygens (including phenoxy) is 1. The smallest absolute Gasteiger partial charge is 0.384 e. The summed E-state index contributed by atoms with van der Waals surface area (Å²) in [6.07, 6.45) is -2.31. The maximum Gasteiger partial charge on any atom is 0.402 e. The monoisotopic (exact) mass is 303 g/mol. The molecule has 96 valence electrons. The number of halogens is 4. The van der Waals surface area contributed by atoms with Crippen molar-refractivity contribution in [2.45, 2.75) is 23.8 Å². The molecule has 0 bridgehead atoms. The van der Waals surface area contributed by atoms with Gasteiger partial charge in [-0.2, -0.15) is 13.2 Å². The number of hydrogen-bond acceptors (Lipinski definition) is 2. The topological polar surface area (TPSA) is 12.5 Å². The summed E-state index contributed by atoms with van der Waals surface area (Å²) < 4.78 is 42.0. The van der Waals surface area contributed by atoms with Crippen molar-refractivity contribution < 1.29 is 17.9 Å². The molecule has 1 unspecified atom stereocenters. The first kappa shape index (κ1) is 14.3. The van der Waals surface area contributed by atoms with Gasteiger partial charge in [-0.25, -0.2) is 0 Å². The summed E-state index contributed by atoms with van der Waals surface area (Å²) in [5, 5.41) is 0. The Hall–Kier alpha value is 0.190. The van der Waals surface area contributed by atoms with E-state index in [4.69, 9.17) is 4.74 Å². The van der Waals surface area contributed by atoms with Crippen molar-refractivity contribution in [2.75, 3.05) is 33.4 Å². The Morgan fingerprint density at radius 2 is 1.94 bits per heavy atom. The number of alkyl halides is 4. The first-order valence-electron chi connectivity index (χ1n) is 5.35. The molecule has 16 heavy (non-hydrogen) atoms. The van der Waals surface area contributed by atoms with Crippen LogP contribution in [0, 0.1) is 5.92 Å². The largest absolute Gasteiger partial charge is 0.402 e. The van der Waals surface area contributed by atoms with Crippen LogP contribution in [0.2, 0.25) is 0 Å². The van der Waals surface area contributed by atoms with Gasteiger partial charge in [0, 0.05) is 20.3 Å². The minimum Gasteiger partial charge on any atom is -0.384 e. The van der Waals surface area contributed by atoms with Crippen LogP contribution < -0.4 is 0 Å². The number of piperidine rings is 1. The molecule has 0 radical (unpaired) electrons. The van der Waals surface area contributed by atoms with E-state index >= 15 is 0 Å². The number of likely N-dealkylation sites (tertiary alicyclic amines) is 1. The van der Waals surface area contributed by atoms with Crippen LogP contribution in [-0.4, -0.2) is 49.3 Å². The summed E-state index contributed by atoms with van der Waals surface area (Å²) in [4.78, 5) is 0.443. The van der Waals surface area contributed by atoms with E-state index in [0.29, 0.717) is 12.5 Å². The summed E-state index contributed by atoms with van der Waals surface area (Å²) in [6, 6.07) is 0. The third-order valence-corrected chi connectivity index (χ3v) is 3.69. The molecule has 6 heteroatoms. The zero-order valence-corrected chi connectivity index (χ0v) is 10.9. The van der Waals surface area contributed by atoms with E-state index in [0.717, 1.165) is 25.9 Å². The normalized spacial score (nSPS) is 22.3. The van der Waals surface area contributed by atoms with Gasteiger partial charge >= 0.3 is 6.18 Å². The van der Waals surface area contributed by atoms with E-state index < -0.39 is 11.0 Å². The SMILES string of the molecule is COCC1CCN(CC(Br)C(F)(F)F)CC1. The number of methoxy groups -OCH3 is 1. The maximum absolute atomic E-state index is 12.3. The van der Waals surface area contributed by atoms with Gasteiger partial charge in [-0.05, 0) is 31.8 Å². The third kappa shape index (κ3) is 4.59. The van der Waals surface area contributed by atoms with Crippen molar-refractivity contribution >= 4 is 15.9 Å². The van der Waals surface area contributed by atoms with Crippen molar-refractivity contribution in [1.82, 2.24) is 4.90 Å². The fourth-order valence-electron chi connectivity index (χ4n) is 1.90. The lowest BCUT2D eigenvalue weighted by molar-refractivity contribution is -0.131. The van der Waals surface area contributed by atoms with Gasteiger partial charge in [-0.1, -0.05) is 15.9 Å². The molecule has 1 saturated heterocycles. The highest BCUT2D eigenvalue weighted by Gasteiger charge is 2.39. The van der Waals surface area contributed by atoms with Crippen molar-refractivity contribution in [3.63, 3.8) is 0 Å². The third-order valence-electron chi connectivity index (χ3n) is 2.88. The van der Waals surface area contributed by atoms with Gasteiger partial charge in [-0.3, -0.25) is 0 Å². The second-order valence-electron chi connectivity index (χ2n) is 4.21. The minimum absolute atomic E-state index is 0.0448. The van der Waals surface area contributed by atoms with Crippen molar-refractivity contribution in [2.24, 2.45) is 5.92 Å². The fourth-order valence-corrected chi connectivity index (χ4v) is 2.31. The lowest BCUT2D eigenvalue weighted by Gasteiger charge is -2.33. The lowest BCUT2D eigenvalue weighted by atomic mass is 9.98. The van der Waals surface area contributed by atoms with Gasteiger partial charge in [-0.15, -0.1) is 0 Å². The van der Waals surface area contributed by atoms with E-state index in [2.05, 4.69) is 15.9 Å². The molecule has 2 nitrogen and oxygen atoms in total. The van der Waals surface area contributed by atoms with Crippen LogP contribution in [0.15, 0.2) is 0 Å². The Morgan fingerprint density at radius 3 is 2.38 bits per heavy atom. The van der Waals surface area contributed by atoms with Crippen molar-refractivity contribution in [1.29, 1.82) is 0 Å². The minimum atomic E-state index is -4.15. The van der Waals surface area contributed by atoms with Crippen LogP contribution in [0.3, 0.4) is 0 Å². The zero-order valence-electron chi connectivity index (χ0n) is 9.26. The molecular formula is C10H17BrF3NO. The molecule has 1 rings (SSSR count). The van der Waals surface area contributed by atoms with Gasteiger partial charge in [0.15, 0.2) is 0 Å². The Balaban J connectivity index is 2.27. The van der Waals surface area contributed by atoms with E-state index in [9.17, 15) is 13.2 Å². The standard InChI is InChI=1S/C10H17BrF3NO/c1-16-7-8-2-4-15(5-3-8)6-9(11)10(12,13)14/h8-9H,2-7H2,1H3. The van der Waals surface area contributed by atoms with Gasteiger partial charge in [0.2, 0.25) is 0 Å². The molecule has 0 saturated carbocycles. The molecule has 0 spiro atoms. The first-order valence-corrected chi connectivity index (χ1v) is 6.27. The van der Waals surface area contributed by atoms with Crippen LogP contribution in [0.5, 0.6) is 0 Å². The summed E-state index contributed by atoms with van der Waals surface area (Å²) in [5.74, 6) is 0.501. The molecule has 0 N–H and O–H groups in total. The lowest BCUT2D eigenvalue weighted by Crippen LogP contribution is -2.42. The van der Waals surface area contributed by atoms with Crippen molar-refractivity contribution in [3.8, 4) is 0 Å². The molecule has 0 aliphatic carbocycles. The van der Waals surface area contributed by atoms with E-state index in [-0.39, 0.29) is 6.54 Å². The number of rotatable bonds is 4. The molecule has 1 atom stereocenters. The molecule has 0 aromatic rings. The Morgan fingerprint density at radius 1 is 1.38 bits per heavy atom. The number of hydrogen-bond donors (Lipinski definition) is 0. The summed E-state index contributed by atoms with van der Waals surface area (Å²) >= 11 is 2.69. The van der Waals surface area contributed by atoms with E-state index in [1.165, 1.54) is 0 Å². The predicted molar refractivity (Wildman–Crippen MR) is 59.8 cm³/mol. The predicted octanol–water partition coefficient (Wildman–Crippen LogP) is 2.67. The zero-order chi connectivity index (χ0) is 12.2. The Kier molecular flexibility index (Phi) is 5.53. The Bertz CT molecular complexity index is 205. The molecule has 1 heterocycles. The highest BCUT2D eigenvalue weighted by molar-refractivity contribution is 9.09. The van der Waals surface area contributed by atoms with Gasteiger partial charge in [0.1, 0.15) is 4.83 Å². The summed E-state index contributed by atoms with van der Waals surface area (Å²) in [5.41, 5.74) is 0. The van der Waals surface area contributed by atoms with Crippen LogP contribution in [0.25, 0.3) is 0 Å². The van der Waals surface area contributed by atoms with Crippen LogP contribution in [0.4, 0.5) is 13.2 Å². The van der Waals surface area contributed by atoms with E-state index in [1.807, 2.05) is 4.90 Å². The van der Waals surface area contributed by atoms with Gasteiger partial charge < -0.3 is 9.64 Å². The van der Waals surface area contributed by atoms with Gasteiger partial charge in [0.25, 0.3) is 0 Å². The van der Waals surface area contributed by atoms with Crippen molar-refractivity contribution in [3.05, 3.63) is 0 Å². The Labute approximate surface area is 102 Å². The molecule has 0 aromatic carbocycles. The average Bonchev–Trinajstić information content (AvgIpc) is 2.20. The van der Waals surface area contributed by atoms with Crippen LogP contribution >= 0.6 is 15.9 Å².